The zero-order valence-corrected chi connectivity index (χ0v) is 24.6. The molecular formula is C33H41N3O7. The van der Waals surface area contributed by atoms with Crippen molar-refractivity contribution in [2.75, 3.05) is 19.7 Å². The van der Waals surface area contributed by atoms with Crippen LogP contribution in [0.1, 0.15) is 63.5 Å². The van der Waals surface area contributed by atoms with Crippen molar-refractivity contribution in [3.8, 4) is 0 Å². The summed E-state index contributed by atoms with van der Waals surface area (Å²) in [5.41, 5.74) is -0.691. The Balaban J connectivity index is 1.41. The van der Waals surface area contributed by atoms with Crippen LogP contribution in [0.5, 0.6) is 0 Å². The fraction of sp³-hybridized carbons (Fsp3) is 0.576. The number of carbonyl (C=O) groups is 4. The number of esters is 1. The van der Waals surface area contributed by atoms with Crippen LogP contribution in [-0.2, 0) is 28.7 Å². The third-order valence-corrected chi connectivity index (χ3v) is 9.77. The first-order valence-electron chi connectivity index (χ1n) is 15.6. The molecule has 0 bridgehead atoms. The number of aliphatic hydroxyl groups is 1. The molecule has 0 radical (unpaired) electrons. The Hall–Kier alpha value is -3.50. The van der Waals surface area contributed by atoms with Crippen LogP contribution < -0.4 is 5.32 Å². The Morgan fingerprint density at radius 1 is 1.05 bits per heavy atom. The molecular weight excluding hydrogens is 550 g/mol. The SMILES string of the molecule is C[C@H](CO)N1C(=O)[C@H]2[C@@H]3C(=O)O[C@@H](c4ccccc4)CNC(=O)CC/C=C\[C@@H]3O[C@]23C=CCN(C2CCCCC2)C(=O)[C@H]13. The van der Waals surface area contributed by atoms with E-state index in [9.17, 15) is 24.3 Å². The van der Waals surface area contributed by atoms with Gasteiger partial charge < -0.3 is 29.7 Å². The fourth-order valence-electron chi connectivity index (χ4n) is 7.65. The third-order valence-electron chi connectivity index (χ3n) is 9.77. The van der Waals surface area contributed by atoms with Gasteiger partial charge in [0.15, 0.2) is 0 Å². The van der Waals surface area contributed by atoms with E-state index in [-0.39, 0.29) is 37.4 Å². The lowest BCUT2D eigenvalue weighted by Gasteiger charge is -2.40. The van der Waals surface area contributed by atoms with Crippen LogP contribution in [0.3, 0.4) is 0 Å². The van der Waals surface area contributed by atoms with E-state index in [0.29, 0.717) is 18.5 Å². The van der Waals surface area contributed by atoms with Crippen LogP contribution in [0.15, 0.2) is 54.6 Å². The maximum absolute atomic E-state index is 14.5. The predicted molar refractivity (Wildman–Crippen MR) is 156 cm³/mol. The molecule has 1 aromatic rings. The van der Waals surface area contributed by atoms with Crippen molar-refractivity contribution in [1.82, 2.24) is 15.1 Å². The highest BCUT2D eigenvalue weighted by Gasteiger charge is 2.72. The Morgan fingerprint density at radius 2 is 1.81 bits per heavy atom. The van der Waals surface area contributed by atoms with Gasteiger partial charge in [0.1, 0.15) is 23.7 Å². The number of rotatable bonds is 4. The van der Waals surface area contributed by atoms with Crippen molar-refractivity contribution in [1.29, 1.82) is 0 Å². The lowest BCUT2D eigenvalue weighted by Crippen LogP contribution is -2.59. The van der Waals surface area contributed by atoms with Crippen molar-refractivity contribution >= 4 is 23.7 Å². The average molecular weight is 592 g/mol. The molecule has 1 saturated carbocycles. The summed E-state index contributed by atoms with van der Waals surface area (Å²) >= 11 is 0. The minimum absolute atomic E-state index is 0.0672. The van der Waals surface area contributed by atoms with Gasteiger partial charge in [-0.1, -0.05) is 73.9 Å². The highest BCUT2D eigenvalue weighted by atomic mass is 16.6. The number of hydrogen-bond donors (Lipinski definition) is 2. The first-order valence-corrected chi connectivity index (χ1v) is 15.6. The summed E-state index contributed by atoms with van der Waals surface area (Å²) in [7, 11) is 0. The van der Waals surface area contributed by atoms with Crippen molar-refractivity contribution in [2.24, 2.45) is 11.8 Å². The number of amides is 3. The molecule has 43 heavy (non-hydrogen) atoms. The smallest absolute Gasteiger partial charge is 0.313 e. The zero-order chi connectivity index (χ0) is 30.1. The van der Waals surface area contributed by atoms with E-state index in [0.717, 1.165) is 32.1 Å². The number of fused-ring (bicyclic) bond motifs is 2. The number of cyclic esters (lactones) is 1. The summed E-state index contributed by atoms with van der Waals surface area (Å²) in [5, 5.41) is 13.1. The standard InChI is InChI=1S/C33H41N3O7/c1-21(20-37)36-29-31(40)35(23-13-6-3-7-14-23)18-10-17-33(29)28(30(36)39)27-24(43-33)15-8-9-16-26(38)34-19-25(42-32(27)41)22-11-4-2-5-12-22/h2,4-5,8,10-12,15,17,21,23-25,27-29,37H,3,6-7,9,13-14,16,18-20H2,1H3,(H,34,38)/b15-8-/t21-,24+,25-,27-,28-,29+,33-/m1/s1. The Labute approximate surface area is 252 Å². The maximum Gasteiger partial charge on any atom is 0.313 e. The molecule has 1 aliphatic carbocycles. The molecule has 4 aliphatic heterocycles. The molecule has 4 heterocycles. The van der Waals surface area contributed by atoms with Crippen molar-refractivity contribution in [3.05, 3.63) is 60.2 Å². The van der Waals surface area contributed by atoms with Crippen LogP contribution in [0.25, 0.3) is 0 Å². The summed E-state index contributed by atoms with van der Waals surface area (Å²) < 4.78 is 12.8. The van der Waals surface area contributed by atoms with Crippen molar-refractivity contribution in [3.63, 3.8) is 0 Å². The van der Waals surface area contributed by atoms with E-state index in [1.165, 1.54) is 4.90 Å². The van der Waals surface area contributed by atoms with Crippen molar-refractivity contribution in [2.45, 2.75) is 87.8 Å². The normalized spacial score (nSPS) is 35.1. The maximum atomic E-state index is 14.5. The number of carbonyl (C=O) groups excluding carboxylic acids is 4. The van der Waals surface area contributed by atoms with E-state index < -0.39 is 53.6 Å². The summed E-state index contributed by atoms with van der Waals surface area (Å²) in [6, 6.07) is 7.56. The molecule has 5 aliphatic rings. The van der Waals surface area contributed by atoms with Gasteiger partial charge in [0.05, 0.1) is 31.2 Å². The number of hydrogen-bond acceptors (Lipinski definition) is 7. The first kappa shape index (κ1) is 29.6. The molecule has 10 heteroatoms. The lowest BCUT2D eigenvalue weighted by molar-refractivity contribution is -0.160. The van der Waals surface area contributed by atoms with E-state index in [1.807, 2.05) is 47.4 Å². The van der Waals surface area contributed by atoms with Crippen molar-refractivity contribution < 1.29 is 33.8 Å². The van der Waals surface area contributed by atoms with Gasteiger partial charge in [-0.3, -0.25) is 19.2 Å². The second-order valence-corrected chi connectivity index (χ2v) is 12.4. The number of nitrogens with one attached hydrogen (secondary N) is 1. The zero-order valence-electron chi connectivity index (χ0n) is 24.6. The summed E-state index contributed by atoms with van der Waals surface area (Å²) in [5.74, 6) is -3.44. The minimum Gasteiger partial charge on any atom is -0.455 e. The van der Waals surface area contributed by atoms with Gasteiger partial charge in [0.25, 0.3) is 0 Å². The summed E-state index contributed by atoms with van der Waals surface area (Å²) in [4.78, 5) is 58.9. The van der Waals surface area contributed by atoms with Crippen LogP contribution in [0.2, 0.25) is 0 Å². The summed E-state index contributed by atoms with van der Waals surface area (Å²) in [6.07, 6.45) is 11.3. The second-order valence-electron chi connectivity index (χ2n) is 12.4. The van der Waals surface area contributed by atoms with Gasteiger partial charge in [0.2, 0.25) is 17.7 Å². The molecule has 1 spiro atoms. The Kier molecular flexibility index (Phi) is 8.42. The quantitative estimate of drug-likeness (QED) is 0.407. The van der Waals surface area contributed by atoms with Crippen LogP contribution >= 0.6 is 0 Å². The third kappa shape index (κ3) is 5.29. The predicted octanol–water partition coefficient (Wildman–Crippen LogP) is 2.43. The fourth-order valence-corrected chi connectivity index (χ4v) is 7.65. The lowest BCUT2D eigenvalue weighted by atomic mass is 9.77. The topological polar surface area (TPSA) is 125 Å². The number of ether oxygens (including phenoxy) is 2. The Morgan fingerprint density at radius 3 is 2.56 bits per heavy atom. The van der Waals surface area contributed by atoms with E-state index in [4.69, 9.17) is 9.47 Å². The molecule has 230 valence electrons. The highest BCUT2D eigenvalue weighted by molar-refractivity contribution is 5.99. The number of likely N-dealkylation sites (tertiary alicyclic amines) is 1. The molecule has 0 aromatic heterocycles. The van der Waals surface area contributed by atoms with Gasteiger partial charge in [-0.15, -0.1) is 0 Å². The molecule has 1 aromatic carbocycles. The number of allylic oxidation sites excluding steroid dienone is 1. The van der Waals surface area contributed by atoms with Gasteiger partial charge in [-0.2, -0.15) is 0 Å². The first-order chi connectivity index (χ1) is 20.9. The highest BCUT2D eigenvalue weighted by Crippen LogP contribution is 2.54. The van der Waals surface area contributed by atoms with Crippen LogP contribution in [-0.4, -0.2) is 88.1 Å². The molecule has 3 amide bonds. The van der Waals surface area contributed by atoms with Crippen LogP contribution in [0, 0.1) is 11.8 Å². The number of aliphatic hydroxyl groups excluding tert-OH is 1. The van der Waals surface area contributed by atoms with E-state index in [1.54, 1.807) is 19.1 Å². The molecule has 6 rings (SSSR count). The van der Waals surface area contributed by atoms with Gasteiger partial charge in [-0.25, -0.2) is 0 Å². The molecule has 0 unspecified atom stereocenters. The van der Waals surface area contributed by atoms with E-state index >= 15 is 0 Å². The largest absolute Gasteiger partial charge is 0.455 e. The number of nitrogens with zero attached hydrogens (tertiary/aromatic N) is 2. The molecule has 2 saturated heterocycles. The van der Waals surface area contributed by atoms with E-state index in [2.05, 4.69) is 5.32 Å². The monoisotopic (exact) mass is 591 g/mol. The Bertz CT molecular complexity index is 1290. The minimum atomic E-state index is -1.41. The summed E-state index contributed by atoms with van der Waals surface area (Å²) in [6.45, 7) is 1.86. The van der Waals surface area contributed by atoms with Crippen LogP contribution in [0.4, 0.5) is 0 Å². The molecule has 7 atom stereocenters. The van der Waals surface area contributed by atoms with Gasteiger partial charge in [0, 0.05) is 19.0 Å². The molecule has 10 nitrogen and oxygen atoms in total. The number of benzene rings is 1. The van der Waals surface area contributed by atoms with Gasteiger partial charge >= 0.3 is 5.97 Å². The average Bonchev–Trinajstić information content (AvgIpc) is 3.42. The second kappa shape index (κ2) is 12.2. The van der Waals surface area contributed by atoms with Gasteiger partial charge in [-0.05, 0) is 31.7 Å². The molecule has 2 N–H and O–H groups in total. The molecule has 3 fully saturated rings.